The molecule has 1 aliphatic rings. The quantitative estimate of drug-likeness (QED) is 0.672. The summed E-state index contributed by atoms with van der Waals surface area (Å²) in [6.07, 6.45) is 4.16. The van der Waals surface area contributed by atoms with Gasteiger partial charge >= 0.3 is 0 Å². The van der Waals surface area contributed by atoms with Crippen molar-refractivity contribution in [1.82, 2.24) is 9.88 Å². The zero-order valence-electron chi connectivity index (χ0n) is 14.8. The fourth-order valence-electron chi connectivity index (χ4n) is 2.84. The molecule has 1 aromatic carbocycles. The Balaban J connectivity index is 1.49. The van der Waals surface area contributed by atoms with Gasteiger partial charge in [0.05, 0.1) is 12.2 Å². The van der Waals surface area contributed by atoms with Gasteiger partial charge < -0.3 is 15.4 Å². The first-order valence-electron chi connectivity index (χ1n) is 8.87. The Morgan fingerprint density at radius 2 is 1.96 bits per heavy atom. The number of rotatable bonds is 5. The highest BCUT2D eigenvalue weighted by Gasteiger charge is 2.16. The molecular weight excluding hydrogens is 312 g/mol. The number of nitrogens with two attached hydrogens (primary N) is 1. The van der Waals surface area contributed by atoms with Gasteiger partial charge in [-0.3, -0.25) is 4.98 Å². The van der Waals surface area contributed by atoms with Crippen molar-refractivity contribution in [1.29, 1.82) is 0 Å². The number of ether oxygens (including phenoxy) is 1. The summed E-state index contributed by atoms with van der Waals surface area (Å²) in [5.74, 6) is 2.28. The average molecular weight is 338 g/mol. The van der Waals surface area contributed by atoms with Crippen LogP contribution in [0.25, 0.3) is 0 Å². The Labute approximate surface area is 149 Å². The molecule has 1 saturated heterocycles. The Morgan fingerprint density at radius 1 is 1.20 bits per heavy atom. The van der Waals surface area contributed by atoms with Crippen LogP contribution < -0.4 is 10.5 Å². The second-order valence-corrected chi connectivity index (χ2v) is 6.60. The highest BCUT2D eigenvalue weighted by molar-refractivity contribution is 5.78. The van der Waals surface area contributed by atoms with Gasteiger partial charge in [0.15, 0.2) is 5.96 Å². The van der Waals surface area contributed by atoms with Crippen molar-refractivity contribution in [2.45, 2.75) is 32.9 Å². The largest absolute Gasteiger partial charge is 0.487 e. The lowest BCUT2D eigenvalue weighted by Crippen LogP contribution is -2.42. The zero-order valence-corrected chi connectivity index (χ0v) is 14.8. The molecule has 0 aliphatic carbocycles. The van der Waals surface area contributed by atoms with Crippen molar-refractivity contribution in [2.75, 3.05) is 13.1 Å². The Hall–Kier alpha value is -2.56. The molecule has 0 radical (unpaired) electrons. The SMILES string of the molecule is CC1CCN(C(N)=NCc2ccc(OCc3ccccn3)cc2)CC1. The maximum atomic E-state index is 6.13. The third kappa shape index (κ3) is 5.21. The summed E-state index contributed by atoms with van der Waals surface area (Å²) in [6.45, 7) is 5.38. The monoisotopic (exact) mass is 338 g/mol. The van der Waals surface area contributed by atoms with E-state index in [0.29, 0.717) is 19.1 Å². The summed E-state index contributed by atoms with van der Waals surface area (Å²) in [5.41, 5.74) is 8.17. The van der Waals surface area contributed by atoms with Crippen LogP contribution in [0.1, 0.15) is 31.0 Å². The van der Waals surface area contributed by atoms with Crippen LogP contribution in [0, 0.1) is 5.92 Å². The molecule has 0 unspecified atom stereocenters. The smallest absolute Gasteiger partial charge is 0.191 e. The fourth-order valence-corrected chi connectivity index (χ4v) is 2.84. The van der Waals surface area contributed by atoms with Gasteiger partial charge in [-0.2, -0.15) is 0 Å². The number of benzene rings is 1. The van der Waals surface area contributed by atoms with E-state index < -0.39 is 0 Å². The molecule has 2 aromatic rings. The molecule has 132 valence electrons. The number of nitrogens with zero attached hydrogens (tertiary/aromatic N) is 3. The van der Waals surface area contributed by atoms with Crippen molar-refractivity contribution in [3.63, 3.8) is 0 Å². The van der Waals surface area contributed by atoms with E-state index in [-0.39, 0.29) is 0 Å². The summed E-state index contributed by atoms with van der Waals surface area (Å²) < 4.78 is 5.75. The van der Waals surface area contributed by atoms with E-state index in [9.17, 15) is 0 Å². The summed E-state index contributed by atoms with van der Waals surface area (Å²) in [6, 6.07) is 13.8. The standard InChI is InChI=1S/C20H26N4O/c1-16-9-12-24(13-10-16)20(21)23-14-17-5-7-19(8-6-17)25-15-18-4-2-3-11-22-18/h2-8,11,16H,9-10,12-15H2,1H3,(H2,21,23). The summed E-state index contributed by atoms with van der Waals surface area (Å²) >= 11 is 0. The minimum Gasteiger partial charge on any atom is -0.487 e. The molecule has 25 heavy (non-hydrogen) atoms. The lowest BCUT2D eigenvalue weighted by molar-refractivity contribution is 0.277. The highest BCUT2D eigenvalue weighted by atomic mass is 16.5. The molecule has 0 spiro atoms. The van der Waals surface area contributed by atoms with Gasteiger partial charge in [-0.15, -0.1) is 0 Å². The lowest BCUT2D eigenvalue weighted by atomic mass is 10.00. The first kappa shape index (κ1) is 17.3. The minimum absolute atomic E-state index is 0.471. The number of hydrogen-bond acceptors (Lipinski definition) is 3. The van der Waals surface area contributed by atoms with Gasteiger partial charge in [-0.05, 0) is 48.6 Å². The molecule has 1 fully saturated rings. The number of pyridine rings is 1. The van der Waals surface area contributed by atoms with Gasteiger partial charge in [0.2, 0.25) is 0 Å². The van der Waals surface area contributed by atoms with E-state index in [0.717, 1.165) is 36.0 Å². The number of likely N-dealkylation sites (tertiary alicyclic amines) is 1. The number of hydrogen-bond donors (Lipinski definition) is 1. The number of aliphatic imine (C=N–C) groups is 1. The van der Waals surface area contributed by atoms with Crippen LogP contribution in [0.3, 0.4) is 0 Å². The van der Waals surface area contributed by atoms with Crippen molar-refractivity contribution in [3.8, 4) is 5.75 Å². The summed E-state index contributed by atoms with van der Waals surface area (Å²) in [5, 5.41) is 0. The molecule has 3 rings (SSSR count). The number of guanidine groups is 1. The second kappa shape index (κ2) is 8.51. The van der Waals surface area contributed by atoms with Crippen molar-refractivity contribution >= 4 is 5.96 Å². The minimum atomic E-state index is 0.471. The van der Waals surface area contributed by atoms with Gasteiger partial charge in [0, 0.05) is 19.3 Å². The predicted molar refractivity (Wildman–Crippen MR) is 100 cm³/mol. The molecule has 0 bridgehead atoms. The van der Waals surface area contributed by atoms with Crippen LogP contribution in [0.15, 0.2) is 53.7 Å². The molecule has 1 aromatic heterocycles. The highest BCUT2D eigenvalue weighted by Crippen LogP contribution is 2.17. The molecule has 5 heteroatoms. The molecule has 2 heterocycles. The Kier molecular flexibility index (Phi) is 5.88. The van der Waals surface area contributed by atoms with Crippen LogP contribution in [0.2, 0.25) is 0 Å². The van der Waals surface area contributed by atoms with E-state index in [2.05, 4.69) is 21.8 Å². The predicted octanol–water partition coefficient (Wildman–Crippen LogP) is 3.21. The average Bonchev–Trinajstić information content (AvgIpc) is 2.67. The van der Waals surface area contributed by atoms with Crippen LogP contribution in [0.5, 0.6) is 5.75 Å². The number of aromatic nitrogens is 1. The van der Waals surface area contributed by atoms with Crippen LogP contribution in [-0.4, -0.2) is 28.9 Å². The number of piperidine rings is 1. The third-order valence-corrected chi connectivity index (χ3v) is 4.57. The van der Waals surface area contributed by atoms with Crippen molar-refractivity contribution < 1.29 is 4.74 Å². The van der Waals surface area contributed by atoms with E-state index in [1.165, 1.54) is 12.8 Å². The third-order valence-electron chi connectivity index (χ3n) is 4.57. The molecule has 0 atom stereocenters. The van der Waals surface area contributed by atoms with E-state index in [1.807, 2.05) is 42.5 Å². The fraction of sp³-hybridized carbons (Fsp3) is 0.400. The topological polar surface area (TPSA) is 63.7 Å². The van der Waals surface area contributed by atoms with Crippen LogP contribution >= 0.6 is 0 Å². The van der Waals surface area contributed by atoms with E-state index in [1.54, 1.807) is 6.20 Å². The van der Waals surface area contributed by atoms with Crippen molar-refractivity contribution in [2.24, 2.45) is 16.6 Å². The normalized spacial score (nSPS) is 16.0. The van der Waals surface area contributed by atoms with Gasteiger partial charge in [-0.25, -0.2) is 4.99 Å². The maximum absolute atomic E-state index is 6.13. The summed E-state index contributed by atoms with van der Waals surface area (Å²) in [4.78, 5) is 11.0. The second-order valence-electron chi connectivity index (χ2n) is 6.60. The molecule has 0 amide bonds. The first-order valence-corrected chi connectivity index (χ1v) is 8.87. The Bertz CT molecular complexity index is 677. The molecule has 2 N–H and O–H groups in total. The van der Waals surface area contributed by atoms with E-state index in [4.69, 9.17) is 10.5 Å². The first-order chi connectivity index (χ1) is 12.2. The molecule has 5 nitrogen and oxygen atoms in total. The van der Waals surface area contributed by atoms with Crippen LogP contribution in [-0.2, 0) is 13.2 Å². The van der Waals surface area contributed by atoms with Gasteiger partial charge in [0.1, 0.15) is 12.4 Å². The summed E-state index contributed by atoms with van der Waals surface area (Å²) in [7, 11) is 0. The molecular formula is C20H26N4O. The van der Waals surface area contributed by atoms with Gasteiger partial charge in [-0.1, -0.05) is 25.1 Å². The van der Waals surface area contributed by atoms with Crippen molar-refractivity contribution in [3.05, 3.63) is 59.9 Å². The zero-order chi connectivity index (χ0) is 17.5. The lowest BCUT2D eigenvalue weighted by Gasteiger charge is -2.31. The molecule has 1 aliphatic heterocycles. The Morgan fingerprint density at radius 3 is 2.64 bits per heavy atom. The maximum Gasteiger partial charge on any atom is 0.191 e. The van der Waals surface area contributed by atoms with Crippen LogP contribution in [0.4, 0.5) is 0 Å². The van der Waals surface area contributed by atoms with E-state index >= 15 is 0 Å². The van der Waals surface area contributed by atoms with Gasteiger partial charge in [0.25, 0.3) is 0 Å². The molecule has 0 saturated carbocycles.